The maximum absolute atomic E-state index is 6.10. The molecule has 0 aliphatic heterocycles. The molecule has 3 nitrogen and oxygen atoms in total. The summed E-state index contributed by atoms with van der Waals surface area (Å²) in [7, 11) is 0. The Labute approximate surface area is 256 Å². The van der Waals surface area contributed by atoms with E-state index >= 15 is 0 Å². The lowest BCUT2D eigenvalue weighted by molar-refractivity contribution is 0.667. The fraction of sp³-hybridized carbons (Fsp3) is 0. The van der Waals surface area contributed by atoms with Gasteiger partial charge in [0.05, 0.1) is 6.20 Å². The molecule has 3 heteroatoms. The van der Waals surface area contributed by atoms with Crippen LogP contribution in [-0.4, -0.2) is 4.98 Å². The minimum atomic E-state index is 0.779. The van der Waals surface area contributed by atoms with Crippen LogP contribution in [0.2, 0.25) is 0 Å². The van der Waals surface area contributed by atoms with Crippen molar-refractivity contribution in [2.75, 3.05) is 4.90 Å². The molecule has 208 valence electrons. The lowest BCUT2D eigenvalue weighted by Gasteiger charge is -2.25. The lowest BCUT2D eigenvalue weighted by Crippen LogP contribution is -2.11. The van der Waals surface area contributed by atoms with Crippen LogP contribution in [0.25, 0.3) is 55.3 Å². The van der Waals surface area contributed by atoms with Crippen molar-refractivity contribution >= 4 is 39.1 Å². The maximum atomic E-state index is 6.10. The third kappa shape index (κ3) is 4.81. The van der Waals surface area contributed by atoms with Crippen molar-refractivity contribution < 1.29 is 4.42 Å². The van der Waals surface area contributed by atoms with Crippen LogP contribution in [0.4, 0.5) is 17.2 Å². The van der Waals surface area contributed by atoms with Gasteiger partial charge in [0, 0.05) is 22.1 Å². The molecule has 2 heterocycles. The molecule has 44 heavy (non-hydrogen) atoms. The summed E-state index contributed by atoms with van der Waals surface area (Å²) in [5.41, 5.74) is 10.8. The summed E-state index contributed by atoms with van der Waals surface area (Å²) in [4.78, 5) is 7.14. The van der Waals surface area contributed by atoms with E-state index in [2.05, 4.69) is 138 Å². The van der Waals surface area contributed by atoms with Crippen LogP contribution in [0.15, 0.2) is 174 Å². The molecular formula is C41H28N2O. The predicted octanol–water partition coefficient (Wildman–Crippen LogP) is 11.5. The molecule has 0 saturated heterocycles. The van der Waals surface area contributed by atoms with Gasteiger partial charge in [-0.05, 0) is 69.8 Å². The van der Waals surface area contributed by atoms with Crippen molar-refractivity contribution in [1.29, 1.82) is 0 Å². The Morgan fingerprint density at radius 2 is 0.932 bits per heavy atom. The second-order valence-corrected chi connectivity index (χ2v) is 10.9. The fourth-order valence-electron chi connectivity index (χ4n) is 5.90. The van der Waals surface area contributed by atoms with Gasteiger partial charge in [-0.15, -0.1) is 0 Å². The number of benzene rings is 6. The van der Waals surface area contributed by atoms with Gasteiger partial charge >= 0.3 is 0 Å². The first-order valence-corrected chi connectivity index (χ1v) is 14.8. The predicted molar refractivity (Wildman–Crippen MR) is 183 cm³/mol. The van der Waals surface area contributed by atoms with E-state index in [0.29, 0.717) is 0 Å². The molecule has 2 aromatic heterocycles. The molecule has 0 aliphatic rings. The van der Waals surface area contributed by atoms with E-state index in [9.17, 15) is 0 Å². The summed E-state index contributed by atoms with van der Waals surface area (Å²) in [6.45, 7) is 0. The maximum Gasteiger partial charge on any atom is 0.153 e. The molecule has 0 saturated carbocycles. The van der Waals surface area contributed by atoms with E-state index < -0.39 is 0 Å². The van der Waals surface area contributed by atoms with E-state index in [1.165, 1.54) is 22.3 Å². The van der Waals surface area contributed by atoms with Crippen molar-refractivity contribution in [3.63, 3.8) is 0 Å². The SMILES string of the molecule is c1ccc(-c2ccc(-c3cccc(N(c4ccc(-c5ccccc5)cc4)c4cc5c(cn4)oc4ccccc45)c3)cc2)cc1. The van der Waals surface area contributed by atoms with Crippen molar-refractivity contribution in [2.24, 2.45) is 0 Å². The van der Waals surface area contributed by atoms with Crippen molar-refractivity contribution in [3.05, 3.63) is 170 Å². The monoisotopic (exact) mass is 564 g/mol. The fourth-order valence-corrected chi connectivity index (χ4v) is 5.90. The summed E-state index contributed by atoms with van der Waals surface area (Å²) < 4.78 is 6.10. The van der Waals surface area contributed by atoms with Gasteiger partial charge in [0.2, 0.25) is 0 Å². The van der Waals surface area contributed by atoms with Gasteiger partial charge in [0.1, 0.15) is 11.4 Å². The van der Waals surface area contributed by atoms with Crippen molar-refractivity contribution in [2.45, 2.75) is 0 Å². The number of hydrogen-bond acceptors (Lipinski definition) is 3. The van der Waals surface area contributed by atoms with Gasteiger partial charge in [0.25, 0.3) is 0 Å². The first kappa shape index (κ1) is 25.8. The molecule has 0 atom stereocenters. The van der Waals surface area contributed by atoms with Crippen LogP contribution >= 0.6 is 0 Å². The van der Waals surface area contributed by atoms with Gasteiger partial charge in [-0.1, -0.05) is 127 Å². The molecule has 6 aromatic carbocycles. The molecule has 0 spiro atoms. The number of nitrogens with zero attached hydrogens (tertiary/aromatic N) is 2. The molecule has 0 N–H and O–H groups in total. The van der Waals surface area contributed by atoms with Crippen molar-refractivity contribution in [1.82, 2.24) is 4.98 Å². The topological polar surface area (TPSA) is 29.3 Å². The van der Waals surface area contributed by atoms with Gasteiger partial charge in [0.15, 0.2) is 5.58 Å². The molecule has 0 bridgehead atoms. The van der Waals surface area contributed by atoms with Crippen LogP contribution in [0.3, 0.4) is 0 Å². The average Bonchev–Trinajstić information content (AvgIpc) is 3.48. The van der Waals surface area contributed by atoms with E-state index in [1.807, 2.05) is 36.5 Å². The minimum Gasteiger partial charge on any atom is -0.454 e. The third-order valence-corrected chi connectivity index (χ3v) is 8.14. The summed E-state index contributed by atoms with van der Waals surface area (Å²) in [6, 6.07) is 57.4. The zero-order valence-corrected chi connectivity index (χ0v) is 24.0. The Hall–Kier alpha value is -5.93. The van der Waals surface area contributed by atoms with Gasteiger partial charge in [-0.3, -0.25) is 4.90 Å². The first-order chi connectivity index (χ1) is 21.8. The van der Waals surface area contributed by atoms with Gasteiger partial charge in [-0.2, -0.15) is 0 Å². The zero-order chi connectivity index (χ0) is 29.3. The standard InChI is InChI=1S/C41H28N2O/c1-3-10-29(11-4-1)31-18-20-33(21-19-31)34-14-9-15-36(26-34)43(35-24-22-32(23-25-35)30-12-5-2-6-13-30)41-27-38-37-16-7-8-17-39(37)44-40(38)28-42-41/h1-28H. The lowest BCUT2D eigenvalue weighted by atomic mass is 10.00. The summed E-state index contributed by atoms with van der Waals surface area (Å²) >= 11 is 0. The largest absolute Gasteiger partial charge is 0.454 e. The number of furan rings is 1. The molecular weight excluding hydrogens is 536 g/mol. The van der Waals surface area contributed by atoms with E-state index in [4.69, 9.17) is 9.40 Å². The number of aromatic nitrogens is 1. The molecule has 8 rings (SSSR count). The first-order valence-electron chi connectivity index (χ1n) is 14.8. The van der Waals surface area contributed by atoms with E-state index in [1.54, 1.807) is 0 Å². The Morgan fingerprint density at radius 1 is 0.386 bits per heavy atom. The molecule has 0 radical (unpaired) electrons. The van der Waals surface area contributed by atoms with Crippen LogP contribution in [-0.2, 0) is 0 Å². The minimum absolute atomic E-state index is 0.779. The highest BCUT2D eigenvalue weighted by Gasteiger charge is 2.17. The van der Waals surface area contributed by atoms with Crippen LogP contribution < -0.4 is 4.90 Å². The van der Waals surface area contributed by atoms with E-state index in [0.717, 1.165) is 50.3 Å². The molecule has 0 aliphatic carbocycles. The number of anilines is 3. The van der Waals surface area contributed by atoms with Crippen LogP contribution in [0, 0.1) is 0 Å². The third-order valence-electron chi connectivity index (χ3n) is 8.14. The van der Waals surface area contributed by atoms with Gasteiger partial charge < -0.3 is 4.42 Å². The Balaban J connectivity index is 1.23. The van der Waals surface area contributed by atoms with Crippen molar-refractivity contribution in [3.8, 4) is 33.4 Å². The second-order valence-electron chi connectivity index (χ2n) is 10.9. The number of rotatable bonds is 6. The Morgan fingerprint density at radius 3 is 1.61 bits per heavy atom. The molecule has 0 unspecified atom stereocenters. The quantitative estimate of drug-likeness (QED) is 0.201. The summed E-state index contributed by atoms with van der Waals surface area (Å²) in [6.07, 6.45) is 1.84. The highest BCUT2D eigenvalue weighted by Crippen LogP contribution is 2.39. The Kier molecular flexibility index (Phi) is 6.47. The molecule has 8 aromatic rings. The van der Waals surface area contributed by atoms with Crippen LogP contribution in [0.1, 0.15) is 0 Å². The highest BCUT2D eigenvalue weighted by atomic mass is 16.3. The smallest absolute Gasteiger partial charge is 0.153 e. The zero-order valence-electron chi connectivity index (χ0n) is 24.0. The molecule has 0 amide bonds. The number of hydrogen-bond donors (Lipinski definition) is 0. The normalized spacial score (nSPS) is 11.2. The van der Waals surface area contributed by atoms with Crippen LogP contribution in [0.5, 0.6) is 0 Å². The van der Waals surface area contributed by atoms with Gasteiger partial charge in [-0.25, -0.2) is 4.98 Å². The number of para-hydroxylation sites is 1. The number of pyridine rings is 1. The second kappa shape index (κ2) is 11.0. The summed E-state index contributed by atoms with van der Waals surface area (Å²) in [5.74, 6) is 0.827. The average molecular weight is 565 g/mol. The highest BCUT2D eigenvalue weighted by molar-refractivity contribution is 6.05. The number of fused-ring (bicyclic) bond motifs is 3. The Bertz CT molecular complexity index is 2200. The summed E-state index contributed by atoms with van der Waals surface area (Å²) in [5, 5.41) is 2.13. The molecule has 0 fully saturated rings. The van der Waals surface area contributed by atoms with E-state index in [-0.39, 0.29) is 0 Å².